The van der Waals surface area contributed by atoms with E-state index in [0.717, 1.165) is 12.1 Å². The van der Waals surface area contributed by atoms with Crippen LogP contribution in [0, 0.1) is 0 Å². The van der Waals surface area contributed by atoms with Gasteiger partial charge in [-0.05, 0) is 92.0 Å². The van der Waals surface area contributed by atoms with Crippen molar-refractivity contribution < 1.29 is 36.2 Å². The minimum Gasteiger partial charge on any atom is -0.480 e. The lowest BCUT2D eigenvalue weighted by Gasteiger charge is -2.14. The number of halogens is 5. The first kappa shape index (κ1) is 26.2. The van der Waals surface area contributed by atoms with Gasteiger partial charge in [-0.15, -0.1) is 0 Å². The van der Waals surface area contributed by atoms with Gasteiger partial charge in [0.25, 0.3) is 0 Å². The first-order valence-corrected chi connectivity index (χ1v) is 13.0. The zero-order valence-corrected chi connectivity index (χ0v) is 21.8. The third-order valence-electron chi connectivity index (χ3n) is 5.26. The summed E-state index contributed by atoms with van der Waals surface area (Å²) < 4.78 is 71.7. The molecule has 188 valence electrons. The number of nitrogens with two attached hydrogens (primary N) is 1. The fraction of sp³-hybridized carbons (Fsp3) is 0.0870. The SMILES string of the molecule is N[C@@H](C(=O)O)c1cc(Br)c(Oc2ccc3[nH]cc(S(=O)(=O)c4ccc(C(F)(F)F)cc4)c3c2)c(Br)c1. The highest BCUT2D eigenvalue weighted by Crippen LogP contribution is 2.40. The van der Waals surface area contributed by atoms with Crippen molar-refractivity contribution in [3.8, 4) is 11.5 Å². The number of aliphatic carboxylic acids is 1. The number of H-pyrrole nitrogens is 1. The molecule has 0 radical (unpaired) electrons. The Kier molecular flexibility index (Phi) is 6.94. The van der Waals surface area contributed by atoms with Crippen LogP contribution in [0.15, 0.2) is 79.5 Å². The van der Waals surface area contributed by atoms with Gasteiger partial charge in [0.15, 0.2) is 5.75 Å². The molecule has 0 bridgehead atoms. The van der Waals surface area contributed by atoms with E-state index in [1.807, 2.05) is 0 Å². The average molecular weight is 648 g/mol. The Labute approximate surface area is 219 Å². The summed E-state index contributed by atoms with van der Waals surface area (Å²) in [6.45, 7) is 0. The van der Waals surface area contributed by atoms with Crippen LogP contribution < -0.4 is 10.5 Å². The van der Waals surface area contributed by atoms with Crippen molar-refractivity contribution in [2.75, 3.05) is 0 Å². The van der Waals surface area contributed by atoms with Gasteiger partial charge in [0.1, 0.15) is 11.8 Å². The van der Waals surface area contributed by atoms with Crippen LogP contribution in [-0.4, -0.2) is 24.5 Å². The Morgan fingerprint density at radius 1 is 1.03 bits per heavy atom. The van der Waals surface area contributed by atoms with Crippen molar-refractivity contribution in [1.82, 2.24) is 4.98 Å². The molecule has 0 aliphatic heterocycles. The van der Waals surface area contributed by atoms with Crippen molar-refractivity contribution in [2.45, 2.75) is 22.0 Å². The molecular weight excluding hydrogens is 633 g/mol. The van der Waals surface area contributed by atoms with Crippen LogP contribution in [0.5, 0.6) is 11.5 Å². The summed E-state index contributed by atoms with van der Waals surface area (Å²) in [5.41, 5.74) is 5.49. The maximum absolute atomic E-state index is 13.2. The van der Waals surface area contributed by atoms with E-state index in [9.17, 15) is 26.4 Å². The Morgan fingerprint density at radius 2 is 1.64 bits per heavy atom. The number of benzene rings is 3. The van der Waals surface area contributed by atoms with Gasteiger partial charge in [-0.2, -0.15) is 13.2 Å². The first-order valence-electron chi connectivity index (χ1n) is 9.97. The average Bonchev–Trinajstić information content (AvgIpc) is 3.24. The van der Waals surface area contributed by atoms with Gasteiger partial charge >= 0.3 is 12.1 Å². The molecular formula is C23H15Br2F3N2O5S. The highest BCUT2D eigenvalue weighted by atomic mass is 79.9. The van der Waals surface area contributed by atoms with Crippen molar-refractivity contribution in [1.29, 1.82) is 0 Å². The van der Waals surface area contributed by atoms with Gasteiger partial charge < -0.3 is 20.6 Å². The maximum atomic E-state index is 13.2. The number of rotatable bonds is 6. The summed E-state index contributed by atoms with van der Waals surface area (Å²) in [5, 5.41) is 9.40. The quantitative estimate of drug-likeness (QED) is 0.222. The summed E-state index contributed by atoms with van der Waals surface area (Å²) in [7, 11) is -4.16. The number of aromatic amines is 1. The van der Waals surface area contributed by atoms with E-state index in [1.165, 1.54) is 24.4 Å². The molecule has 1 aromatic heterocycles. The van der Waals surface area contributed by atoms with Crippen LogP contribution in [0.3, 0.4) is 0 Å². The molecule has 3 aromatic carbocycles. The fourth-order valence-electron chi connectivity index (χ4n) is 3.43. The van der Waals surface area contributed by atoms with E-state index in [2.05, 4.69) is 36.8 Å². The highest BCUT2D eigenvalue weighted by Gasteiger charge is 2.31. The fourth-order valence-corrected chi connectivity index (χ4v) is 6.23. The van der Waals surface area contributed by atoms with Gasteiger partial charge in [-0.1, -0.05) is 0 Å². The normalized spacial score (nSPS) is 13.1. The van der Waals surface area contributed by atoms with E-state index in [4.69, 9.17) is 15.6 Å². The molecule has 4 rings (SSSR count). The number of carboxylic acid groups (broad SMARTS) is 1. The minimum atomic E-state index is -4.59. The van der Waals surface area contributed by atoms with E-state index in [1.54, 1.807) is 12.1 Å². The van der Waals surface area contributed by atoms with Crippen molar-refractivity contribution in [3.05, 3.63) is 80.9 Å². The maximum Gasteiger partial charge on any atom is 0.416 e. The first-order chi connectivity index (χ1) is 16.8. The predicted molar refractivity (Wildman–Crippen MR) is 132 cm³/mol. The molecule has 4 N–H and O–H groups in total. The lowest BCUT2D eigenvalue weighted by Crippen LogP contribution is -2.20. The monoisotopic (exact) mass is 646 g/mol. The smallest absolute Gasteiger partial charge is 0.416 e. The van der Waals surface area contributed by atoms with Gasteiger partial charge in [0.05, 0.1) is 24.3 Å². The van der Waals surface area contributed by atoms with Crippen LogP contribution >= 0.6 is 31.9 Å². The van der Waals surface area contributed by atoms with Crippen LogP contribution in [-0.2, 0) is 20.8 Å². The minimum absolute atomic E-state index is 0.136. The second kappa shape index (κ2) is 9.54. The second-order valence-electron chi connectivity index (χ2n) is 7.62. The van der Waals surface area contributed by atoms with Crippen molar-refractivity contribution in [2.24, 2.45) is 5.73 Å². The Bertz CT molecular complexity index is 1560. The summed E-state index contributed by atoms with van der Waals surface area (Å²) in [6, 6.07) is 9.64. The Balaban J connectivity index is 1.70. The number of nitrogens with one attached hydrogen (secondary N) is 1. The summed E-state index contributed by atoms with van der Waals surface area (Å²) in [4.78, 5) is 13.6. The molecule has 13 heteroatoms. The summed E-state index contributed by atoms with van der Waals surface area (Å²) >= 11 is 6.65. The third kappa shape index (κ3) is 5.01. The number of carbonyl (C=O) groups is 1. The van der Waals surface area contributed by atoms with Gasteiger partial charge in [-0.25, -0.2) is 8.42 Å². The standard InChI is InChI=1S/C23H15Br2F3N2O5S/c24-16-7-11(20(29)22(31)32)8-17(25)21(16)35-13-3-6-18-15(9-13)19(10-30-18)36(33,34)14-4-1-12(2-5-14)23(26,27)28/h1-10,20,30H,29H2,(H,31,32)/t20-/m1/s1. The number of fused-ring (bicyclic) bond motifs is 1. The van der Waals surface area contributed by atoms with E-state index >= 15 is 0 Å². The zero-order chi connectivity index (χ0) is 26.4. The van der Waals surface area contributed by atoms with Crippen LogP contribution in [0.25, 0.3) is 10.9 Å². The van der Waals surface area contributed by atoms with Crippen LogP contribution in [0.4, 0.5) is 13.2 Å². The lowest BCUT2D eigenvalue weighted by atomic mass is 10.1. The molecule has 0 spiro atoms. The molecule has 0 aliphatic rings. The molecule has 0 unspecified atom stereocenters. The van der Waals surface area contributed by atoms with Crippen LogP contribution in [0.1, 0.15) is 17.2 Å². The number of hydrogen-bond donors (Lipinski definition) is 3. The largest absolute Gasteiger partial charge is 0.480 e. The predicted octanol–water partition coefficient (Wildman–Crippen LogP) is 6.42. The molecule has 1 heterocycles. The van der Waals surface area contributed by atoms with Gasteiger partial charge in [0, 0.05) is 17.1 Å². The molecule has 1 atom stereocenters. The van der Waals surface area contributed by atoms with Crippen molar-refractivity contribution in [3.63, 3.8) is 0 Å². The lowest BCUT2D eigenvalue weighted by molar-refractivity contribution is -0.139. The van der Waals surface area contributed by atoms with Crippen molar-refractivity contribution >= 4 is 58.6 Å². The number of alkyl halides is 3. The number of aromatic nitrogens is 1. The van der Waals surface area contributed by atoms with Crippen LogP contribution in [0.2, 0.25) is 0 Å². The molecule has 0 saturated heterocycles. The molecule has 4 aromatic rings. The molecule has 0 aliphatic carbocycles. The van der Waals surface area contributed by atoms with Gasteiger partial charge in [-0.3, -0.25) is 4.79 Å². The molecule has 36 heavy (non-hydrogen) atoms. The van der Waals surface area contributed by atoms with E-state index in [-0.39, 0.29) is 20.9 Å². The number of carboxylic acids is 1. The second-order valence-corrected chi connectivity index (χ2v) is 11.2. The number of ether oxygens (including phenoxy) is 1. The summed E-state index contributed by atoms with van der Waals surface area (Å²) in [6.07, 6.45) is -3.33. The molecule has 0 amide bonds. The van der Waals surface area contributed by atoms with Gasteiger partial charge in [0.2, 0.25) is 9.84 Å². The molecule has 0 saturated carbocycles. The van der Waals surface area contributed by atoms with E-state index in [0.29, 0.717) is 37.9 Å². The summed E-state index contributed by atoms with van der Waals surface area (Å²) in [5.74, 6) is -0.664. The number of sulfone groups is 1. The Hall–Kier alpha value is -2.87. The highest BCUT2D eigenvalue weighted by molar-refractivity contribution is 9.11. The topological polar surface area (TPSA) is 122 Å². The number of hydrogen-bond acceptors (Lipinski definition) is 5. The zero-order valence-electron chi connectivity index (χ0n) is 17.8. The Morgan fingerprint density at radius 3 is 2.19 bits per heavy atom. The molecule has 7 nitrogen and oxygen atoms in total. The third-order valence-corrected chi connectivity index (χ3v) is 8.25. The van der Waals surface area contributed by atoms with E-state index < -0.39 is 33.6 Å². The molecule has 0 fully saturated rings.